The van der Waals surface area contributed by atoms with Gasteiger partial charge in [0.2, 0.25) is 6.79 Å². The van der Waals surface area contributed by atoms with Crippen molar-refractivity contribution in [2.45, 2.75) is 6.61 Å². The van der Waals surface area contributed by atoms with Gasteiger partial charge in [-0.3, -0.25) is 4.79 Å². The zero-order valence-electron chi connectivity index (χ0n) is 14.0. The van der Waals surface area contributed by atoms with Crippen LogP contribution in [0.4, 0.5) is 0 Å². The summed E-state index contributed by atoms with van der Waals surface area (Å²) in [7, 11) is 0. The number of aromatic nitrogens is 1. The Morgan fingerprint density at radius 2 is 2.07 bits per heavy atom. The van der Waals surface area contributed by atoms with Gasteiger partial charge in [-0.15, -0.1) is 0 Å². The molecule has 0 saturated heterocycles. The maximum absolute atomic E-state index is 12.1. The van der Waals surface area contributed by atoms with E-state index in [1.54, 1.807) is 24.3 Å². The molecule has 1 aromatic heterocycles. The van der Waals surface area contributed by atoms with E-state index in [0.717, 1.165) is 10.9 Å². The van der Waals surface area contributed by atoms with E-state index in [-0.39, 0.29) is 19.0 Å². The highest BCUT2D eigenvalue weighted by Crippen LogP contribution is 2.40. The fourth-order valence-corrected chi connectivity index (χ4v) is 3.02. The number of fused-ring (bicyclic) bond motifs is 2. The molecule has 0 spiro atoms. The molecule has 4 rings (SSSR count). The van der Waals surface area contributed by atoms with Crippen molar-refractivity contribution in [3.63, 3.8) is 0 Å². The van der Waals surface area contributed by atoms with Crippen molar-refractivity contribution in [1.29, 1.82) is 0 Å². The van der Waals surface area contributed by atoms with E-state index in [9.17, 15) is 9.59 Å². The van der Waals surface area contributed by atoms with Crippen molar-refractivity contribution < 1.29 is 19.0 Å². The minimum atomic E-state index is -0.573. The third-order valence-corrected chi connectivity index (χ3v) is 4.34. The molecule has 1 N–H and O–H groups in total. The van der Waals surface area contributed by atoms with E-state index in [4.69, 9.17) is 25.8 Å². The number of benzene rings is 2. The Morgan fingerprint density at radius 1 is 1.22 bits per heavy atom. The molecule has 3 aromatic rings. The molecule has 7 heteroatoms. The van der Waals surface area contributed by atoms with Crippen LogP contribution in [0.3, 0.4) is 0 Å². The van der Waals surface area contributed by atoms with Crippen LogP contribution in [0.2, 0.25) is 5.02 Å². The Labute approximate surface area is 158 Å². The number of carbonyl (C=O) groups excluding carboxylic acids is 1. The summed E-state index contributed by atoms with van der Waals surface area (Å²) >= 11 is 6.10. The van der Waals surface area contributed by atoms with E-state index in [1.165, 1.54) is 6.08 Å². The third-order valence-electron chi connectivity index (χ3n) is 4.06. The van der Waals surface area contributed by atoms with Gasteiger partial charge in [0.05, 0.1) is 10.6 Å². The van der Waals surface area contributed by atoms with Gasteiger partial charge in [-0.1, -0.05) is 29.8 Å². The highest BCUT2D eigenvalue weighted by atomic mass is 35.5. The van der Waals surface area contributed by atoms with Crippen LogP contribution < -0.4 is 15.0 Å². The van der Waals surface area contributed by atoms with Crippen LogP contribution in [0.15, 0.2) is 53.3 Å². The van der Waals surface area contributed by atoms with Gasteiger partial charge >= 0.3 is 5.97 Å². The minimum Gasteiger partial charge on any atom is -0.457 e. The average molecular weight is 384 g/mol. The molecule has 0 aliphatic carbocycles. The first-order valence-electron chi connectivity index (χ1n) is 8.15. The molecule has 1 aliphatic heterocycles. The number of aromatic amines is 1. The monoisotopic (exact) mass is 383 g/mol. The summed E-state index contributed by atoms with van der Waals surface area (Å²) < 4.78 is 15.7. The van der Waals surface area contributed by atoms with Crippen LogP contribution in [0, 0.1) is 0 Å². The van der Waals surface area contributed by atoms with Crippen LogP contribution >= 0.6 is 11.6 Å². The number of hydrogen-bond donors (Lipinski definition) is 1. The molecule has 0 saturated carbocycles. The summed E-state index contributed by atoms with van der Waals surface area (Å²) in [5, 5.41) is 1.27. The van der Waals surface area contributed by atoms with Crippen molar-refractivity contribution >= 4 is 34.5 Å². The molecule has 1 aliphatic rings. The predicted octanol–water partition coefficient (Wildman–Crippen LogP) is 3.67. The summed E-state index contributed by atoms with van der Waals surface area (Å²) in [6.45, 7) is -0.00416. The molecule has 0 fully saturated rings. The molecule has 2 aromatic carbocycles. The minimum absolute atomic E-state index is 0.116. The Morgan fingerprint density at radius 3 is 2.96 bits per heavy atom. The SMILES string of the molecule is O=C(C=Cc1cc(Cl)c2c(c1)OCO2)OCc1cc2ccccc2[nH]c1=O. The van der Waals surface area contributed by atoms with Crippen molar-refractivity contribution in [3.8, 4) is 11.5 Å². The van der Waals surface area contributed by atoms with Gasteiger partial charge in [0.1, 0.15) is 6.61 Å². The number of rotatable bonds is 4. The lowest BCUT2D eigenvalue weighted by Gasteiger charge is -2.04. The second-order valence-corrected chi connectivity index (χ2v) is 6.30. The normalized spacial score (nSPS) is 12.6. The second kappa shape index (κ2) is 7.17. The standard InChI is InChI=1S/C20H14ClNO5/c21-15-7-12(8-17-19(15)27-11-26-17)5-6-18(23)25-10-14-9-13-3-1-2-4-16(13)22-20(14)24/h1-9H,10-11H2,(H,22,24). The molecule has 0 unspecified atom stereocenters. The number of halogens is 1. The van der Waals surface area contributed by atoms with Crippen molar-refractivity contribution in [1.82, 2.24) is 4.98 Å². The van der Waals surface area contributed by atoms with Crippen molar-refractivity contribution in [3.05, 3.63) is 75.0 Å². The molecular formula is C20H14ClNO5. The number of esters is 1. The number of H-pyrrole nitrogens is 1. The molecule has 2 heterocycles. The van der Waals surface area contributed by atoms with Crippen LogP contribution in [-0.4, -0.2) is 17.7 Å². The Bertz CT molecular complexity index is 1120. The number of carbonyl (C=O) groups is 1. The lowest BCUT2D eigenvalue weighted by molar-refractivity contribution is -0.138. The zero-order valence-corrected chi connectivity index (χ0v) is 14.8. The summed E-state index contributed by atoms with van der Waals surface area (Å²) in [6, 6.07) is 12.5. The topological polar surface area (TPSA) is 77.6 Å². The van der Waals surface area contributed by atoms with Crippen molar-refractivity contribution in [2.75, 3.05) is 6.79 Å². The van der Waals surface area contributed by atoms with Crippen LogP contribution in [0.5, 0.6) is 11.5 Å². The van der Waals surface area contributed by atoms with E-state index in [2.05, 4.69) is 4.98 Å². The van der Waals surface area contributed by atoms with Crippen LogP contribution in [-0.2, 0) is 16.1 Å². The fourth-order valence-electron chi connectivity index (χ4n) is 2.74. The quantitative estimate of drug-likeness (QED) is 0.549. The smallest absolute Gasteiger partial charge is 0.331 e. The van der Waals surface area contributed by atoms with E-state index in [0.29, 0.717) is 27.6 Å². The number of para-hydroxylation sites is 1. The molecule has 0 amide bonds. The lowest BCUT2D eigenvalue weighted by atomic mass is 10.1. The summed E-state index contributed by atoms with van der Waals surface area (Å²) in [5.41, 5.74) is 1.50. The first-order valence-corrected chi connectivity index (χ1v) is 8.53. The number of nitrogens with one attached hydrogen (secondary N) is 1. The van der Waals surface area contributed by atoms with Crippen LogP contribution in [0.1, 0.15) is 11.1 Å². The van der Waals surface area contributed by atoms with Gasteiger partial charge in [-0.05, 0) is 41.3 Å². The summed E-state index contributed by atoms with van der Waals surface area (Å²) in [6.07, 6.45) is 2.82. The van der Waals surface area contributed by atoms with E-state index < -0.39 is 5.97 Å². The Hall–Kier alpha value is -3.25. The molecule has 6 nitrogen and oxygen atoms in total. The maximum atomic E-state index is 12.1. The van der Waals surface area contributed by atoms with Gasteiger partial charge in [0.25, 0.3) is 5.56 Å². The highest BCUT2D eigenvalue weighted by Gasteiger charge is 2.17. The number of pyridine rings is 1. The van der Waals surface area contributed by atoms with Gasteiger partial charge < -0.3 is 19.2 Å². The van der Waals surface area contributed by atoms with Gasteiger partial charge in [-0.25, -0.2) is 4.79 Å². The van der Waals surface area contributed by atoms with Crippen LogP contribution in [0.25, 0.3) is 17.0 Å². The zero-order chi connectivity index (χ0) is 18.8. The largest absolute Gasteiger partial charge is 0.457 e. The van der Waals surface area contributed by atoms with Gasteiger partial charge in [0.15, 0.2) is 11.5 Å². The Balaban J connectivity index is 1.44. The molecule has 136 valence electrons. The highest BCUT2D eigenvalue weighted by molar-refractivity contribution is 6.32. The fraction of sp³-hybridized carbons (Fsp3) is 0.100. The lowest BCUT2D eigenvalue weighted by Crippen LogP contribution is -2.14. The van der Waals surface area contributed by atoms with Crippen molar-refractivity contribution in [2.24, 2.45) is 0 Å². The number of hydrogen-bond acceptors (Lipinski definition) is 5. The second-order valence-electron chi connectivity index (χ2n) is 5.89. The number of ether oxygens (including phenoxy) is 3. The molecule has 27 heavy (non-hydrogen) atoms. The molecule has 0 bridgehead atoms. The molecule has 0 atom stereocenters. The first kappa shape index (κ1) is 17.2. The predicted molar refractivity (Wildman–Crippen MR) is 101 cm³/mol. The third kappa shape index (κ3) is 3.66. The van der Waals surface area contributed by atoms with Gasteiger partial charge in [-0.2, -0.15) is 0 Å². The molecular weight excluding hydrogens is 370 g/mol. The average Bonchev–Trinajstić information content (AvgIpc) is 3.14. The summed E-state index contributed by atoms with van der Waals surface area (Å²) in [4.78, 5) is 26.8. The summed E-state index contributed by atoms with van der Waals surface area (Å²) in [5.74, 6) is 0.446. The Kier molecular flexibility index (Phi) is 4.56. The van der Waals surface area contributed by atoms with Gasteiger partial charge in [0, 0.05) is 11.6 Å². The van der Waals surface area contributed by atoms with E-state index >= 15 is 0 Å². The first-order chi connectivity index (χ1) is 13.1. The molecule has 0 radical (unpaired) electrons. The maximum Gasteiger partial charge on any atom is 0.331 e. The van der Waals surface area contributed by atoms with E-state index in [1.807, 2.05) is 24.3 Å².